The van der Waals surface area contributed by atoms with Gasteiger partial charge in [-0.2, -0.15) is 0 Å². The number of nitrogens with one attached hydrogen (secondary N) is 1. The van der Waals surface area contributed by atoms with Crippen LogP contribution in [0.1, 0.15) is 12.1 Å². The van der Waals surface area contributed by atoms with Gasteiger partial charge in [-0.15, -0.1) is 22.7 Å². The summed E-state index contributed by atoms with van der Waals surface area (Å²) in [6.45, 7) is 1.86. The fourth-order valence-corrected chi connectivity index (χ4v) is 4.25. The fraction of sp³-hybridized carbons (Fsp3) is 0.438. The van der Waals surface area contributed by atoms with E-state index in [2.05, 4.69) is 10.3 Å². The Morgan fingerprint density at radius 3 is 3.04 bits per heavy atom. The molecule has 2 amide bonds. The third kappa shape index (κ3) is 3.82. The predicted octanol–water partition coefficient (Wildman–Crippen LogP) is 1.65. The quantitative estimate of drug-likeness (QED) is 0.876. The minimum Gasteiger partial charge on any atom is -0.353 e. The molecule has 1 atom stereocenters. The van der Waals surface area contributed by atoms with Crippen molar-refractivity contribution in [3.8, 4) is 9.88 Å². The van der Waals surface area contributed by atoms with Gasteiger partial charge in [-0.1, -0.05) is 6.07 Å². The number of rotatable bonds is 5. The second-order valence-electron chi connectivity index (χ2n) is 5.86. The van der Waals surface area contributed by atoms with Gasteiger partial charge in [0.25, 0.3) is 0 Å². The zero-order chi connectivity index (χ0) is 17.1. The van der Waals surface area contributed by atoms with Gasteiger partial charge in [0.2, 0.25) is 11.8 Å². The lowest BCUT2D eigenvalue weighted by atomic mass is 10.1. The number of carbonyl (C=O) groups is 2. The average Bonchev–Trinajstić information content (AvgIpc) is 3.21. The average molecular weight is 364 g/mol. The molecule has 1 fully saturated rings. The minimum absolute atomic E-state index is 0.0467. The maximum atomic E-state index is 12.4. The summed E-state index contributed by atoms with van der Waals surface area (Å²) in [6, 6.07) is 3.66. The summed E-state index contributed by atoms with van der Waals surface area (Å²) in [5.74, 6) is -0.117. The molecule has 0 radical (unpaired) electrons. The molecule has 0 spiro atoms. The highest BCUT2D eigenvalue weighted by Crippen LogP contribution is 2.28. The van der Waals surface area contributed by atoms with Crippen molar-refractivity contribution < 1.29 is 9.59 Å². The molecule has 1 aliphatic heterocycles. The Morgan fingerprint density at radius 1 is 1.50 bits per heavy atom. The fourth-order valence-electron chi connectivity index (χ4n) is 2.62. The molecule has 24 heavy (non-hydrogen) atoms. The summed E-state index contributed by atoms with van der Waals surface area (Å²) in [4.78, 5) is 33.7. The van der Waals surface area contributed by atoms with Crippen molar-refractivity contribution in [2.45, 2.75) is 19.0 Å². The molecule has 2 aromatic heterocycles. The van der Waals surface area contributed by atoms with Crippen LogP contribution in [0.3, 0.4) is 0 Å². The summed E-state index contributed by atoms with van der Waals surface area (Å²) in [5.41, 5.74) is 0.876. The molecule has 2 aromatic rings. The molecular weight excluding hydrogens is 344 g/mol. The minimum atomic E-state index is -0.384. The molecule has 0 unspecified atom stereocenters. The molecule has 1 saturated heterocycles. The number of nitrogens with zero attached hydrogens (tertiary/aromatic N) is 3. The zero-order valence-electron chi connectivity index (χ0n) is 13.7. The predicted molar refractivity (Wildman–Crippen MR) is 95.9 cm³/mol. The first-order valence-electron chi connectivity index (χ1n) is 7.75. The molecule has 0 aromatic carbocycles. The molecular formula is C16H20N4O2S2. The van der Waals surface area contributed by atoms with E-state index in [4.69, 9.17) is 0 Å². The van der Waals surface area contributed by atoms with Gasteiger partial charge in [0.05, 0.1) is 29.6 Å². The molecule has 0 saturated carbocycles. The van der Waals surface area contributed by atoms with E-state index in [1.54, 1.807) is 34.6 Å². The molecule has 0 bridgehead atoms. The van der Waals surface area contributed by atoms with Crippen molar-refractivity contribution in [3.63, 3.8) is 0 Å². The first-order valence-corrected chi connectivity index (χ1v) is 9.50. The van der Waals surface area contributed by atoms with Crippen molar-refractivity contribution in [1.29, 1.82) is 0 Å². The molecule has 8 heteroatoms. The van der Waals surface area contributed by atoms with Gasteiger partial charge in [0.1, 0.15) is 5.01 Å². The number of amides is 2. The van der Waals surface area contributed by atoms with Crippen molar-refractivity contribution >= 4 is 34.5 Å². The standard InChI is InChI=1S/C16H20N4O2S2/c1-19-6-5-17-15(22)12(19)8-14(21)20(2)9-11-10-24-16(18-11)13-4-3-7-23-13/h3-4,7,10,12H,5-6,8-9H2,1-2H3,(H,17,22)/t12-/m0/s1. The Morgan fingerprint density at radius 2 is 2.33 bits per heavy atom. The third-order valence-electron chi connectivity index (χ3n) is 4.08. The Bertz CT molecular complexity index is 713. The van der Waals surface area contributed by atoms with Crippen molar-refractivity contribution in [2.24, 2.45) is 0 Å². The molecule has 128 valence electrons. The van der Waals surface area contributed by atoms with Crippen LogP contribution in [-0.4, -0.2) is 59.8 Å². The zero-order valence-corrected chi connectivity index (χ0v) is 15.3. The third-order valence-corrected chi connectivity index (χ3v) is 6.01. The van der Waals surface area contributed by atoms with Gasteiger partial charge in [0, 0.05) is 25.5 Å². The molecule has 3 rings (SSSR count). The molecule has 6 nitrogen and oxygen atoms in total. The van der Waals surface area contributed by atoms with Crippen LogP contribution in [0, 0.1) is 0 Å². The van der Waals surface area contributed by atoms with Crippen LogP contribution in [0.15, 0.2) is 22.9 Å². The van der Waals surface area contributed by atoms with Crippen LogP contribution >= 0.6 is 22.7 Å². The first kappa shape index (κ1) is 17.1. The highest BCUT2D eigenvalue weighted by molar-refractivity contribution is 7.20. The Kier molecular flexibility index (Phi) is 5.27. The second kappa shape index (κ2) is 7.42. The van der Waals surface area contributed by atoms with Crippen LogP contribution in [0.2, 0.25) is 0 Å². The van der Waals surface area contributed by atoms with Gasteiger partial charge in [-0.25, -0.2) is 4.98 Å². The highest BCUT2D eigenvalue weighted by atomic mass is 32.1. The Balaban J connectivity index is 1.59. The Hall–Kier alpha value is -1.77. The smallest absolute Gasteiger partial charge is 0.237 e. The number of thiophene rings is 1. The topological polar surface area (TPSA) is 65.5 Å². The van der Waals surface area contributed by atoms with E-state index in [1.807, 2.05) is 34.8 Å². The van der Waals surface area contributed by atoms with E-state index in [0.717, 1.165) is 22.1 Å². The largest absolute Gasteiger partial charge is 0.353 e. The lowest BCUT2D eigenvalue weighted by Crippen LogP contribution is -2.54. The normalized spacial score (nSPS) is 18.4. The number of carbonyl (C=O) groups excluding carboxylic acids is 2. The van der Waals surface area contributed by atoms with Crippen molar-refractivity contribution in [3.05, 3.63) is 28.6 Å². The van der Waals surface area contributed by atoms with Gasteiger partial charge >= 0.3 is 0 Å². The number of thiazole rings is 1. The summed E-state index contributed by atoms with van der Waals surface area (Å²) in [6.07, 6.45) is 0.195. The summed E-state index contributed by atoms with van der Waals surface area (Å²) >= 11 is 3.24. The van der Waals surface area contributed by atoms with E-state index in [0.29, 0.717) is 13.1 Å². The molecule has 1 aliphatic rings. The maximum Gasteiger partial charge on any atom is 0.237 e. The monoisotopic (exact) mass is 364 g/mol. The van der Waals surface area contributed by atoms with Gasteiger partial charge in [-0.3, -0.25) is 14.5 Å². The van der Waals surface area contributed by atoms with Crippen molar-refractivity contribution in [1.82, 2.24) is 20.1 Å². The molecule has 1 N–H and O–H groups in total. The van der Waals surface area contributed by atoms with Crippen LogP contribution < -0.4 is 5.32 Å². The van der Waals surface area contributed by atoms with Gasteiger partial charge in [-0.05, 0) is 18.5 Å². The van der Waals surface area contributed by atoms with Crippen LogP contribution in [-0.2, 0) is 16.1 Å². The summed E-state index contributed by atoms with van der Waals surface area (Å²) in [7, 11) is 3.64. The van der Waals surface area contributed by atoms with Crippen molar-refractivity contribution in [2.75, 3.05) is 27.2 Å². The summed E-state index contributed by atoms with van der Waals surface area (Å²) < 4.78 is 0. The number of aromatic nitrogens is 1. The number of likely N-dealkylation sites (N-methyl/N-ethyl adjacent to an activating group) is 1. The number of hydrogen-bond donors (Lipinski definition) is 1. The lowest BCUT2D eigenvalue weighted by Gasteiger charge is -2.32. The lowest BCUT2D eigenvalue weighted by molar-refractivity contribution is -0.137. The molecule has 3 heterocycles. The van der Waals surface area contributed by atoms with E-state index in [-0.39, 0.29) is 24.3 Å². The summed E-state index contributed by atoms with van der Waals surface area (Å²) in [5, 5.41) is 7.80. The first-order chi connectivity index (χ1) is 11.5. The SMILES string of the molecule is CN(Cc1csc(-c2cccs2)n1)C(=O)C[C@H]1C(=O)NCCN1C. The van der Waals surface area contributed by atoms with Crippen LogP contribution in [0.4, 0.5) is 0 Å². The van der Waals surface area contributed by atoms with Crippen LogP contribution in [0.5, 0.6) is 0 Å². The molecule has 0 aliphatic carbocycles. The number of piperazine rings is 1. The maximum absolute atomic E-state index is 12.4. The van der Waals surface area contributed by atoms with Crippen LogP contribution in [0.25, 0.3) is 9.88 Å². The van der Waals surface area contributed by atoms with Gasteiger partial charge < -0.3 is 10.2 Å². The highest BCUT2D eigenvalue weighted by Gasteiger charge is 2.30. The van der Waals surface area contributed by atoms with E-state index >= 15 is 0 Å². The van der Waals surface area contributed by atoms with E-state index in [1.165, 1.54) is 0 Å². The number of hydrogen-bond acceptors (Lipinski definition) is 6. The Labute approximate surface area is 149 Å². The van der Waals surface area contributed by atoms with E-state index in [9.17, 15) is 9.59 Å². The van der Waals surface area contributed by atoms with E-state index < -0.39 is 0 Å². The second-order valence-corrected chi connectivity index (χ2v) is 7.67. The van der Waals surface area contributed by atoms with Gasteiger partial charge in [0.15, 0.2) is 0 Å².